The lowest BCUT2D eigenvalue weighted by Crippen LogP contribution is -2.17. The van der Waals surface area contributed by atoms with E-state index in [1.54, 1.807) is 19.4 Å². The molecule has 1 unspecified atom stereocenters. The fraction of sp³-hybridized carbons (Fsp3) is 0.214. The monoisotopic (exact) mass is 269 g/mol. The molecule has 6 nitrogen and oxygen atoms in total. The van der Waals surface area contributed by atoms with E-state index < -0.39 is 0 Å². The van der Waals surface area contributed by atoms with Gasteiger partial charge >= 0.3 is 0 Å². The van der Waals surface area contributed by atoms with Crippen LogP contribution < -0.4 is 5.73 Å². The normalized spacial score (nSPS) is 12.5. The molecule has 102 valence electrons. The number of hydrogen-bond donors (Lipinski definition) is 1. The second kappa shape index (κ2) is 5.26. The van der Waals surface area contributed by atoms with Crippen LogP contribution in [0.15, 0.2) is 47.4 Å². The maximum absolute atomic E-state index is 6.30. The molecule has 2 aromatic heterocycles. The lowest BCUT2D eigenvalue weighted by atomic mass is 10.1. The standard InChI is InChI=1S/C14H15N5O/c1-10-17-13(18-20-10)8-19-9-16-7-12(19)14(15)11-5-3-2-4-6-11/h2-7,9,14H,8,15H2,1H3. The average molecular weight is 269 g/mol. The molecule has 3 aromatic rings. The van der Waals surface area contributed by atoms with E-state index in [0.717, 1.165) is 11.3 Å². The summed E-state index contributed by atoms with van der Waals surface area (Å²) in [7, 11) is 0. The third-order valence-electron chi connectivity index (χ3n) is 3.10. The molecule has 0 bridgehead atoms. The van der Waals surface area contributed by atoms with Crippen molar-refractivity contribution < 1.29 is 4.52 Å². The van der Waals surface area contributed by atoms with Crippen LogP contribution in [-0.4, -0.2) is 19.7 Å². The molecule has 2 heterocycles. The number of benzene rings is 1. The van der Waals surface area contributed by atoms with Gasteiger partial charge in [0.05, 0.1) is 30.8 Å². The number of aryl methyl sites for hydroxylation is 1. The highest BCUT2D eigenvalue weighted by atomic mass is 16.5. The quantitative estimate of drug-likeness (QED) is 0.779. The molecule has 0 aliphatic heterocycles. The minimum atomic E-state index is -0.230. The van der Waals surface area contributed by atoms with Crippen molar-refractivity contribution in [2.75, 3.05) is 0 Å². The summed E-state index contributed by atoms with van der Waals surface area (Å²) < 4.78 is 6.90. The van der Waals surface area contributed by atoms with E-state index >= 15 is 0 Å². The fourth-order valence-corrected chi connectivity index (χ4v) is 2.11. The lowest BCUT2D eigenvalue weighted by Gasteiger charge is -2.14. The van der Waals surface area contributed by atoms with E-state index in [0.29, 0.717) is 18.3 Å². The third-order valence-corrected chi connectivity index (χ3v) is 3.10. The largest absolute Gasteiger partial charge is 0.340 e. The summed E-state index contributed by atoms with van der Waals surface area (Å²) in [4.78, 5) is 8.36. The Labute approximate surface area is 116 Å². The minimum absolute atomic E-state index is 0.230. The summed E-state index contributed by atoms with van der Waals surface area (Å²) in [6.45, 7) is 2.26. The van der Waals surface area contributed by atoms with Gasteiger partial charge in [-0.15, -0.1) is 0 Å². The molecule has 0 amide bonds. The van der Waals surface area contributed by atoms with Gasteiger partial charge in [0, 0.05) is 6.92 Å². The van der Waals surface area contributed by atoms with Crippen LogP contribution in [0.1, 0.15) is 29.0 Å². The molecule has 1 atom stereocenters. The SMILES string of the molecule is Cc1nc(Cn2cncc2C(N)c2ccccc2)no1. The van der Waals surface area contributed by atoms with Crippen LogP contribution in [0, 0.1) is 6.92 Å². The third kappa shape index (κ3) is 2.46. The highest BCUT2D eigenvalue weighted by molar-refractivity contribution is 5.26. The maximum Gasteiger partial charge on any atom is 0.223 e. The van der Waals surface area contributed by atoms with E-state index in [-0.39, 0.29) is 6.04 Å². The van der Waals surface area contributed by atoms with Crippen molar-refractivity contribution in [1.82, 2.24) is 19.7 Å². The zero-order chi connectivity index (χ0) is 13.9. The zero-order valence-electron chi connectivity index (χ0n) is 11.1. The van der Waals surface area contributed by atoms with Gasteiger partial charge in [-0.2, -0.15) is 4.98 Å². The Balaban J connectivity index is 1.86. The van der Waals surface area contributed by atoms with Crippen molar-refractivity contribution in [3.63, 3.8) is 0 Å². The number of nitrogens with zero attached hydrogens (tertiary/aromatic N) is 4. The summed E-state index contributed by atoms with van der Waals surface area (Å²) in [5.41, 5.74) is 8.25. The molecule has 0 aliphatic carbocycles. The molecule has 0 spiro atoms. The average Bonchev–Trinajstić information content (AvgIpc) is 3.09. The molecule has 0 fully saturated rings. The number of hydrogen-bond acceptors (Lipinski definition) is 5. The van der Waals surface area contributed by atoms with Gasteiger partial charge < -0.3 is 14.8 Å². The van der Waals surface area contributed by atoms with E-state index in [2.05, 4.69) is 15.1 Å². The van der Waals surface area contributed by atoms with Crippen molar-refractivity contribution in [3.8, 4) is 0 Å². The Bertz CT molecular complexity index is 688. The van der Waals surface area contributed by atoms with Gasteiger partial charge in [-0.1, -0.05) is 35.5 Å². The molecule has 20 heavy (non-hydrogen) atoms. The molecule has 0 aliphatic rings. The van der Waals surface area contributed by atoms with E-state index in [9.17, 15) is 0 Å². The van der Waals surface area contributed by atoms with Crippen molar-refractivity contribution in [1.29, 1.82) is 0 Å². The van der Waals surface area contributed by atoms with Gasteiger partial charge in [-0.25, -0.2) is 4.98 Å². The molecule has 0 radical (unpaired) electrons. The summed E-state index contributed by atoms with van der Waals surface area (Å²) in [6.07, 6.45) is 3.49. The molecule has 6 heteroatoms. The molecular formula is C14H15N5O. The smallest absolute Gasteiger partial charge is 0.223 e. The number of rotatable bonds is 4. The maximum atomic E-state index is 6.30. The Kier molecular flexibility index (Phi) is 3.30. The van der Waals surface area contributed by atoms with Gasteiger partial charge in [-0.05, 0) is 5.56 Å². The van der Waals surface area contributed by atoms with Gasteiger partial charge in [0.15, 0.2) is 5.82 Å². The fourth-order valence-electron chi connectivity index (χ4n) is 2.11. The van der Waals surface area contributed by atoms with Crippen LogP contribution in [0.5, 0.6) is 0 Å². The first kappa shape index (κ1) is 12.6. The Morgan fingerprint density at radius 3 is 2.80 bits per heavy atom. The van der Waals surface area contributed by atoms with Gasteiger partial charge in [0.2, 0.25) is 5.89 Å². The van der Waals surface area contributed by atoms with Gasteiger partial charge in [-0.3, -0.25) is 0 Å². The molecule has 2 N–H and O–H groups in total. The minimum Gasteiger partial charge on any atom is -0.340 e. The zero-order valence-corrected chi connectivity index (χ0v) is 11.1. The molecule has 1 aromatic carbocycles. The summed E-state index contributed by atoms with van der Waals surface area (Å²) in [5, 5.41) is 3.89. The molecular weight excluding hydrogens is 254 g/mol. The van der Waals surface area contributed by atoms with Crippen LogP contribution >= 0.6 is 0 Å². The van der Waals surface area contributed by atoms with E-state index in [1.165, 1.54) is 0 Å². The first-order valence-corrected chi connectivity index (χ1v) is 6.34. The van der Waals surface area contributed by atoms with Crippen molar-refractivity contribution in [2.24, 2.45) is 5.73 Å². The van der Waals surface area contributed by atoms with Crippen molar-refractivity contribution in [2.45, 2.75) is 19.5 Å². The Morgan fingerprint density at radius 1 is 1.30 bits per heavy atom. The summed E-state index contributed by atoms with van der Waals surface area (Å²) >= 11 is 0. The van der Waals surface area contributed by atoms with Gasteiger partial charge in [0.1, 0.15) is 0 Å². The van der Waals surface area contributed by atoms with Crippen LogP contribution in [0.4, 0.5) is 0 Å². The van der Waals surface area contributed by atoms with Crippen LogP contribution in [-0.2, 0) is 6.54 Å². The lowest BCUT2D eigenvalue weighted by molar-refractivity contribution is 0.386. The number of aromatic nitrogens is 4. The molecule has 0 saturated carbocycles. The second-order valence-electron chi connectivity index (χ2n) is 4.56. The van der Waals surface area contributed by atoms with Crippen LogP contribution in [0.2, 0.25) is 0 Å². The topological polar surface area (TPSA) is 82.8 Å². The predicted octanol–water partition coefficient (Wildman–Crippen LogP) is 1.67. The Morgan fingerprint density at radius 2 is 2.10 bits per heavy atom. The summed E-state index contributed by atoms with van der Waals surface area (Å²) in [5.74, 6) is 1.16. The second-order valence-corrected chi connectivity index (χ2v) is 4.56. The van der Waals surface area contributed by atoms with E-state index in [4.69, 9.17) is 10.3 Å². The van der Waals surface area contributed by atoms with Gasteiger partial charge in [0.25, 0.3) is 0 Å². The molecule has 3 rings (SSSR count). The molecule has 0 saturated heterocycles. The van der Waals surface area contributed by atoms with Crippen LogP contribution in [0.25, 0.3) is 0 Å². The first-order valence-electron chi connectivity index (χ1n) is 6.34. The first-order chi connectivity index (χ1) is 9.74. The Hall–Kier alpha value is -2.47. The number of imidazole rings is 1. The highest BCUT2D eigenvalue weighted by Gasteiger charge is 2.15. The predicted molar refractivity (Wildman–Crippen MR) is 72.8 cm³/mol. The number of nitrogens with two attached hydrogens (primary N) is 1. The van der Waals surface area contributed by atoms with E-state index in [1.807, 2.05) is 34.9 Å². The highest BCUT2D eigenvalue weighted by Crippen LogP contribution is 2.19. The van der Waals surface area contributed by atoms with Crippen molar-refractivity contribution in [3.05, 3.63) is 65.8 Å². The summed E-state index contributed by atoms with van der Waals surface area (Å²) in [6, 6.07) is 9.68. The van der Waals surface area contributed by atoms with Crippen LogP contribution in [0.3, 0.4) is 0 Å². The van der Waals surface area contributed by atoms with Crippen molar-refractivity contribution >= 4 is 0 Å².